The van der Waals surface area contributed by atoms with E-state index in [0.717, 1.165) is 5.56 Å². The maximum absolute atomic E-state index is 13.1. The molecule has 0 N–H and O–H groups in total. The zero-order valence-electron chi connectivity index (χ0n) is 11.3. The highest BCUT2D eigenvalue weighted by molar-refractivity contribution is 7.86. The van der Waals surface area contributed by atoms with Gasteiger partial charge in [-0.15, -0.1) is 0 Å². The Labute approximate surface area is 118 Å². The van der Waals surface area contributed by atoms with Gasteiger partial charge in [0, 0.05) is 0 Å². The fraction of sp³-hybridized carbons (Fsp3) is 0.200. The Morgan fingerprint density at radius 1 is 1.05 bits per heavy atom. The van der Waals surface area contributed by atoms with Crippen LogP contribution in [0.15, 0.2) is 47.4 Å². The van der Waals surface area contributed by atoms with Crippen molar-refractivity contribution >= 4 is 10.1 Å². The van der Waals surface area contributed by atoms with Gasteiger partial charge in [0.2, 0.25) is 0 Å². The molecule has 2 aromatic carbocycles. The smallest absolute Gasteiger partial charge is 0.262 e. The van der Waals surface area contributed by atoms with Crippen LogP contribution < -0.4 is 0 Å². The first kappa shape index (κ1) is 14.7. The lowest BCUT2D eigenvalue weighted by molar-refractivity contribution is 0.308. The van der Waals surface area contributed by atoms with Gasteiger partial charge >= 0.3 is 0 Å². The Morgan fingerprint density at radius 3 is 2.30 bits per heavy atom. The number of aryl methyl sites for hydroxylation is 2. The highest BCUT2D eigenvalue weighted by Gasteiger charge is 2.15. The summed E-state index contributed by atoms with van der Waals surface area (Å²) in [5.41, 5.74) is 2.04. The molecule has 0 heterocycles. The lowest BCUT2D eigenvalue weighted by atomic mass is 10.1. The van der Waals surface area contributed by atoms with E-state index in [9.17, 15) is 12.8 Å². The number of hydrogen-bond donors (Lipinski definition) is 0. The van der Waals surface area contributed by atoms with Crippen molar-refractivity contribution < 1.29 is 17.0 Å². The predicted octanol–water partition coefficient (Wildman–Crippen LogP) is 3.35. The zero-order valence-corrected chi connectivity index (χ0v) is 12.1. The van der Waals surface area contributed by atoms with Gasteiger partial charge in [0.1, 0.15) is 5.82 Å². The Morgan fingerprint density at radius 2 is 1.70 bits per heavy atom. The Kier molecular flexibility index (Phi) is 4.20. The lowest BCUT2D eigenvalue weighted by Crippen LogP contribution is -2.06. The molecule has 0 spiro atoms. The van der Waals surface area contributed by atoms with E-state index >= 15 is 0 Å². The average molecular weight is 294 g/mol. The molecule has 0 fully saturated rings. The van der Waals surface area contributed by atoms with E-state index in [-0.39, 0.29) is 17.3 Å². The minimum atomic E-state index is -3.79. The topological polar surface area (TPSA) is 43.4 Å². The van der Waals surface area contributed by atoms with E-state index in [1.165, 1.54) is 24.3 Å². The second-order valence-electron chi connectivity index (χ2n) is 4.61. The van der Waals surface area contributed by atoms with Gasteiger partial charge in [-0.25, -0.2) is 4.39 Å². The van der Waals surface area contributed by atoms with Crippen molar-refractivity contribution in [2.24, 2.45) is 0 Å². The Hall–Kier alpha value is -1.72. The van der Waals surface area contributed by atoms with Crippen molar-refractivity contribution in [2.45, 2.75) is 25.3 Å². The number of rotatable bonds is 4. The van der Waals surface area contributed by atoms with Gasteiger partial charge in [-0.2, -0.15) is 8.42 Å². The first-order valence-corrected chi connectivity index (χ1v) is 7.50. The molecule has 0 aromatic heterocycles. The van der Waals surface area contributed by atoms with Gasteiger partial charge in [-0.05, 0) is 43.2 Å². The molecule has 0 saturated heterocycles. The van der Waals surface area contributed by atoms with Crippen LogP contribution in [0.2, 0.25) is 0 Å². The molecule has 0 aliphatic carbocycles. The van der Waals surface area contributed by atoms with Gasteiger partial charge in [0.05, 0.1) is 11.5 Å². The molecule has 0 aliphatic rings. The van der Waals surface area contributed by atoms with E-state index in [4.69, 9.17) is 4.18 Å². The van der Waals surface area contributed by atoms with Crippen LogP contribution in [-0.4, -0.2) is 8.42 Å². The molecular weight excluding hydrogens is 279 g/mol. The third-order valence-electron chi connectivity index (χ3n) is 2.91. The standard InChI is InChI=1S/C15H15FO3S/c1-11-3-6-14(7-4-11)20(17,18)19-10-13-5-8-15(16)12(2)9-13/h3-9H,10H2,1-2H3. The summed E-state index contributed by atoms with van der Waals surface area (Å²) in [5, 5.41) is 0. The van der Waals surface area contributed by atoms with Gasteiger partial charge in [-0.3, -0.25) is 4.18 Å². The normalized spacial score (nSPS) is 11.6. The van der Waals surface area contributed by atoms with E-state index < -0.39 is 10.1 Å². The Bertz CT molecular complexity index is 706. The van der Waals surface area contributed by atoms with Crippen LogP contribution in [0.4, 0.5) is 4.39 Å². The van der Waals surface area contributed by atoms with E-state index in [0.29, 0.717) is 11.1 Å². The molecular formula is C15H15FO3S. The molecule has 3 nitrogen and oxygen atoms in total. The predicted molar refractivity (Wildman–Crippen MR) is 74.3 cm³/mol. The van der Waals surface area contributed by atoms with Crippen molar-refractivity contribution in [2.75, 3.05) is 0 Å². The zero-order chi connectivity index (χ0) is 14.8. The van der Waals surface area contributed by atoms with Crippen molar-refractivity contribution in [3.05, 3.63) is 65.0 Å². The summed E-state index contributed by atoms with van der Waals surface area (Å²) in [6.07, 6.45) is 0. The number of hydrogen-bond acceptors (Lipinski definition) is 3. The van der Waals surface area contributed by atoms with Crippen LogP contribution in [0.1, 0.15) is 16.7 Å². The van der Waals surface area contributed by atoms with Crippen LogP contribution >= 0.6 is 0 Å². The minimum Gasteiger partial charge on any atom is -0.262 e. The van der Waals surface area contributed by atoms with Crippen LogP contribution in [0.3, 0.4) is 0 Å². The van der Waals surface area contributed by atoms with Crippen molar-refractivity contribution in [3.63, 3.8) is 0 Å². The molecule has 0 radical (unpaired) electrons. The summed E-state index contributed by atoms with van der Waals surface area (Å²) in [6, 6.07) is 10.8. The highest BCUT2D eigenvalue weighted by atomic mass is 32.2. The first-order chi connectivity index (χ1) is 9.38. The second-order valence-corrected chi connectivity index (χ2v) is 6.23. The molecule has 2 aromatic rings. The molecule has 2 rings (SSSR count). The number of benzene rings is 2. The van der Waals surface area contributed by atoms with E-state index in [1.807, 2.05) is 6.92 Å². The second kappa shape index (κ2) is 5.73. The van der Waals surface area contributed by atoms with Crippen molar-refractivity contribution in [3.8, 4) is 0 Å². The van der Waals surface area contributed by atoms with Gasteiger partial charge < -0.3 is 0 Å². The van der Waals surface area contributed by atoms with E-state index in [2.05, 4.69) is 0 Å². The molecule has 5 heteroatoms. The summed E-state index contributed by atoms with van der Waals surface area (Å²) in [5.74, 6) is -0.324. The molecule has 0 saturated carbocycles. The summed E-state index contributed by atoms with van der Waals surface area (Å²) in [4.78, 5) is 0.113. The highest BCUT2D eigenvalue weighted by Crippen LogP contribution is 2.16. The van der Waals surface area contributed by atoms with Gasteiger partial charge in [-0.1, -0.05) is 29.8 Å². The SMILES string of the molecule is Cc1ccc(S(=O)(=O)OCc2ccc(F)c(C)c2)cc1. The maximum Gasteiger partial charge on any atom is 0.297 e. The quantitative estimate of drug-likeness (QED) is 0.812. The molecule has 0 aliphatic heterocycles. The third-order valence-corrected chi connectivity index (χ3v) is 4.19. The summed E-state index contributed by atoms with van der Waals surface area (Å²) in [6.45, 7) is 3.38. The number of halogens is 1. The molecule has 20 heavy (non-hydrogen) atoms. The summed E-state index contributed by atoms with van der Waals surface area (Å²) >= 11 is 0. The molecule has 0 amide bonds. The van der Waals surface area contributed by atoms with Crippen molar-refractivity contribution in [1.29, 1.82) is 0 Å². The van der Waals surface area contributed by atoms with Crippen LogP contribution in [0.25, 0.3) is 0 Å². The fourth-order valence-electron chi connectivity index (χ4n) is 1.72. The average Bonchev–Trinajstić information content (AvgIpc) is 2.41. The maximum atomic E-state index is 13.1. The molecule has 0 bridgehead atoms. The largest absolute Gasteiger partial charge is 0.297 e. The van der Waals surface area contributed by atoms with Crippen molar-refractivity contribution in [1.82, 2.24) is 0 Å². The van der Waals surface area contributed by atoms with Crippen LogP contribution in [-0.2, 0) is 20.9 Å². The Balaban J connectivity index is 2.13. The summed E-state index contributed by atoms with van der Waals surface area (Å²) < 4.78 is 42.0. The monoisotopic (exact) mass is 294 g/mol. The molecule has 106 valence electrons. The van der Waals surface area contributed by atoms with Gasteiger partial charge in [0.15, 0.2) is 0 Å². The molecule has 0 unspecified atom stereocenters. The lowest BCUT2D eigenvalue weighted by Gasteiger charge is -2.07. The third kappa shape index (κ3) is 3.43. The first-order valence-electron chi connectivity index (χ1n) is 6.09. The minimum absolute atomic E-state index is 0.113. The van der Waals surface area contributed by atoms with Gasteiger partial charge in [0.25, 0.3) is 10.1 Å². The van der Waals surface area contributed by atoms with Crippen LogP contribution in [0, 0.1) is 19.7 Å². The molecule has 0 atom stereocenters. The fourth-order valence-corrected chi connectivity index (χ4v) is 2.61. The van der Waals surface area contributed by atoms with Crippen LogP contribution in [0.5, 0.6) is 0 Å². The summed E-state index contributed by atoms with van der Waals surface area (Å²) in [7, 11) is -3.79. The van der Waals surface area contributed by atoms with E-state index in [1.54, 1.807) is 25.1 Å².